The zero-order valence-corrected chi connectivity index (χ0v) is 10.5. The molecule has 2 nitrogen and oxygen atoms in total. The van der Waals surface area contributed by atoms with Crippen LogP contribution in [-0.4, -0.2) is 30.5 Å². The summed E-state index contributed by atoms with van der Waals surface area (Å²) in [6.07, 6.45) is 2.95. The third-order valence-corrected chi connectivity index (χ3v) is 3.30. The van der Waals surface area contributed by atoms with Gasteiger partial charge < -0.3 is 4.90 Å². The quantitative estimate of drug-likeness (QED) is 0.805. The van der Waals surface area contributed by atoms with Gasteiger partial charge >= 0.3 is 0 Å². The van der Waals surface area contributed by atoms with Crippen LogP contribution in [0.15, 0.2) is 35.8 Å². The van der Waals surface area contributed by atoms with Crippen LogP contribution in [0.4, 0.5) is 0 Å². The first kappa shape index (κ1) is 11.3. The molecule has 1 aromatic carbocycles. The normalized spacial score (nSPS) is 10.9. The van der Waals surface area contributed by atoms with Crippen molar-refractivity contribution in [3.8, 4) is 10.6 Å². The maximum absolute atomic E-state index is 4.30. The highest BCUT2D eigenvalue weighted by Crippen LogP contribution is 2.21. The monoisotopic (exact) mass is 232 g/mol. The first-order chi connectivity index (χ1) is 7.75. The van der Waals surface area contributed by atoms with Crippen LogP contribution in [0.3, 0.4) is 0 Å². The van der Waals surface area contributed by atoms with E-state index in [0.29, 0.717) is 0 Å². The summed E-state index contributed by atoms with van der Waals surface area (Å²) in [5.74, 6) is 0. The summed E-state index contributed by atoms with van der Waals surface area (Å²) in [7, 11) is 4.20. The highest BCUT2D eigenvalue weighted by molar-refractivity contribution is 7.13. The Kier molecular flexibility index (Phi) is 3.70. The Morgan fingerprint density at radius 1 is 1.19 bits per heavy atom. The summed E-state index contributed by atoms with van der Waals surface area (Å²) in [6, 6.07) is 8.70. The largest absolute Gasteiger partial charge is 0.309 e. The average Bonchev–Trinajstić information content (AvgIpc) is 2.80. The van der Waals surface area contributed by atoms with E-state index in [2.05, 4.69) is 48.2 Å². The number of hydrogen-bond donors (Lipinski definition) is 0. The van der Waals surface area contributed by atoms with Gasteiger partial charge in [0.1, 0.15) is 5.01 Å². The van der Waals surface area contributed by atoms with Gasteiger partial charge in [-0.3, -0.25) is 0 Å². The van der Waals surface area contributed by atoms with Gasteiger partial charge in [0.15, 0.2) is 0 Å². The summed E-state index contributed by atoms with van der Waals surface area (Å²) in [4.78, 5) is 6.50. The third kappa shape index (κ3) is 2.90. The Hall–Kier alpha value is -1.19. The summed E-state index contributed by atoms with van der Waals surface area (Å²) in [5.41, 5.74) is 2.60. The van der Waals surface area contributed by atoms with E-state index in [0.717, 1.165) is 18.0 Å². The van der Waals surface area contributed by atoms with Gasteiger partial charge in [0.25, 0.3) is 0 Å². The standard InChI is InChI=1S/C13H16N2S/c1-15(2)9-7-11-3-5-12(6-4-11)13-14-8-10-16-13/h3-6,8,10H,7,9H2,1-2H3. The second kappa shape index (κ2) is 5.23. The fraction of sp³-hybridized carbons (Fsp3) is 0.308. The molecule has 0 unspecified atom stereocenters. The number of hydrogen-bond acceptors (Lipinski definition) is 3. The SMILES string of the molecule is CN(C)CCc1ccc(-c2nccs2)cc1. The van der Waals surface area contributed by atoms with Crippen LogP contribution in [-0.2, 0) is 6.42 Å². The van der Waals surface area contributed by atoms with Crippen molar-refractivity contribution in [2.75, 3.05) is 20.6 Å². The maximum atomic E-state index is 4.30. The Labute approximate surface area is 101 Å². The highest BCUT2D eigenvalue weighted by Gasteiger charge is 2.00. The zero-order valence-electron chi connectivity index (χ0n) is 9.68. The fourth-order valence-corrected chi connectivity index (χ4v) is 2.18. The molecule has 0 radical (unpaired) electrons. The predicted octanol–water partition coefficient (Wildman–Crippen LogP) is 2.91. The second-order valence-corrected chi connectivity index (χ2v) is 4.98. The van der Waals surface area contributed by atoms with Crippen molar-refractivity contribution in [2.24, 2.45) is 0 Å². The summed E-state index contributed by atoms with van der Waals surface area (Å²) in [5, 5.41) is 3.11. The molecular weight excluding hydrogens is 216 g/mol. The lowest BCUT2D eigenvalue weighted by molar-refractivity contribution is 0.413. The van der Waals surface area contributed by atoms with Crippen LogP contribution < -0.4 is 0 Å². The topological polar surface area (TPSA) is 16.1 Å². The van der Waals surface area contributed by atoms with Gasteiger partial charge in [0.05, 0.1) is 0 Å². The number of benzene rings is 1. The molecular formula is C13H16N2S. The predicted molar refractivity (Wildman–Crippen MR) is 69.8 cm³/mol. The van der Waals surface area contributed by atoms with E-state index in [1.807, 2.05) is 11.6 Å². The number of likely N-dealkylation sites (N-methyl/N-ethyl adjacent to an activating group) is 1. The van der Waals surface area contributed by atoms with E-state index in [-0.39, 0.29) is 0 Å². The molecule has 3 heteroatoms. The average molecular weight is 232 g/mol. The molecule has 2 rings (SSSR count). The summed E-state index contributed by atoms with van der Waals surface area (Å²) in [6.45, 7) is 1.09. The van der Waals surface area contributed by atoms with Crippen molar-refractivity contribution in [3.63, 3.8) is 0 Å². The minimum atomic E-state index is 1.09. The Morgan fingerprint density at radius 2 is 1.94 bits per heavy atom. The molecule has 0 atom stereocenters. The van der Waals surface area contributed by atoms with E-state index in [9.17, 15) is 0 Å². The van der Waals surface area contributed by atoms with Gasteiger partial charge in [-0.2, -0.15) is 0 Å². The zero-order chi connectivity index (χ0) is 11.4. The lowest BCUT2D eigenvalue weighted by Gasteiger charge is -2.09. The van der Waals surface area contributed by atoms with Crippen molar-refractivity contribution >= 4 is 11.3 Å². The highest BCUT2D eigenvalue weighted by atomic mass is 32.1. The van der Waals surface area contributed by atoms with Crippen LogP contribution in [0.25, 0.3) is 10.6 Å². The molecule has 0 fully saturated rings. The van der Waals surface area contributed by atoms with Gasteiger partial charge in [-0.05, 0) is 26.1 Å². The smallest absolute Gasteiger partial charge is 0.123 e. The number of thiazole rings is 1. The van der Waals surface area contributed by atoms with Crippen LogP contribution in [0.2, 0.25) is 0 Å². The lowest BCUT2D eigenvalue weighted by atomic mass is 10.1. The van der Waals surface area contributed by atoms with E-state index in [1.54, 1.807) is 11.3 Å². The van der Waals surface area contributed by atoms with Crippen molar-refractivity contribution in [1.82, 2.24) is 9.88 Å². The van der Waals surface area contributed by atoms with Gasteiger partial charge in [0.2, 0.25) is 0 Å². The number of nitrogens with zero attached hydrogens (tertiary/aromatic N) is 2. The maximum Gasteiger partial charge on any atom is 0.123 e. The van der Waals surface area contributed by atoms with E-state index < -0.39 is 0 Å². The molecule has 0 spiro atoms. The van der Waals surface area contributed by atoms with Crippen molar-refractivity contribution in [3.05, 3.63) is 41.4 Å². The van der Waals surface area contributed by atoms with Gasteiger partial charge in [0, 0.05) is 23.7 Å². The summed E-state index contributed by atoms with van der Waals surface area (Å²) < 4.78 is 0. The second-order valence-electron chi connectivity index (χ2n) is 4.09. The molecule has 0 N–H and O–H groups in total. The van der Waals surface area contributed by atoms with Crippen LogP contribution in [0.1, 0.15) is 5.56 Å². The van der Waals surface area contributed by atoms with Crippen LogP contribution in [0, 0.1) is 0 Å². The van der Waals surface area contributed by atoms with E-state index in [4.69, 9.17) is 0 Å². The number of rotatable bonds is 4. The molecule has 0 aliphatic rings. The first-order valence-electron chi connectivity index (χ1n) is 5.39. The molecule has 0 amide bonds. The van der Waals surface area contributed by atoms with Crippen LogP contribution in [0.5, 0.6) is 0 Å². The van der Waals surface area contributed by atoms with Gasteiger partial charge in [-0.25, -0.2) is 4.98 Å². The molecule has 1 aromatic heterocycles. The van der Waals surface area contributed by atoms with Crippen molar-refractivity contribution in [1.29, 1.82) is 0 Å². The molecule has 0 saturated carbocycles. The molecule has 0 bridgehead atoms. The number of aromatic nitrogens is 1. The third-order valence-electron chi connectivity index (χ3n) is 2.48. The van der Waals surface area contributed by atoms with Gasteiger partial charge in [-0.15, -0.1) is 11.3 Å². The Balaban J connectivity index is 2.05. The lowest BCUT2D eigenvalue weighted by Crippen LogP contribution is -2.14. The van der Waals surface area contributed by atoms with Crippen molar-refractivity contribution < 1.29 is 0 Å². The molecule has 0 aliphatic carbocycles. The van der Waals surface area contributed by atoms with Gasteiger partial charge in [-0.1, -0.05) is 24.3 Å². The molecule has 2 aromatic rings. The van der Waals surface area contributed by atoms with Crippen molar-refractivity contribution in [2.45, 2.75) is 6.42 Å². The molecule has 84 valence electrons. The first-order valence-corrected chi connectivity index (χ1v) is 6.27. The molecule has 16 heavy (non-hydrogen) atoms. The minimum Gasteiger partial charge on any atom is -0.309 e. The Bertz CT molecular complexity index is 418. The minimum absolute atomic E-state index is 1.09. The molecule has 0 saturated heterocycles. The fourth-order valence-electron chi connectivity index (χ4n) is 1.53. The van der Waals surface area contributed by atoms with Crippen LogP contribution >= 0.6 is 11.3 Å². The Morgan fingerprint density at radius 3 is 2.50 bits per heavy atom. The molecule has 1 heterocycles. The van der Waals surface area contributed by atoms with E-state index in [1.165, 1.54) is 11.1 Å². The summed E-state index contributed by atoms with van der Waals surface area (Å²) >= 11 is 1.68. The van der Waals surface area contributed by atoms with E-state index >= 15 is 0 Å². The molecule has 0 aliphatic heterocycles.